The van der Waals surface area contributed by atoms with Gasteiger partial charge in [-0.3, -0.25) is 9.59 Å². The molecule has 0 bridgehead atoms. The molecule has 0 spiro atoms. The molecule has 7 nitrogen and oxygen atoms in total. The third-order valence-electron chi connectivity index (χ3n) is 5.55. The van der Waals surface area contributed by atoms with E-state index in [-0.39, 0.29) is 23.8 Å². The zero-order valence-corrected chi connectivity index (χ0v) is 16.8. The summed E-state index contributed by atoms with van der Waals surface area (Å²) in [5, 5.41) is 2.92. The normalized spacial score (nSPS) is 16.0. The lowest BCUT2D eigenvalue weighted by Crippen LogP contribution is -2.40. The van der Waals surface area contributed by atoms with Crippen molar-refractivity contribution in [1.29, 1.82) is 0 Å². The summed E-state index contributed by atoms with van der Waals surface area (Å²) in [7, 11) is 0. The second-order valence-corrected chi connectivity index (χ2v) is 7.65. The number of fused-ring (bicyclic) bond motifs is 1. The minimum atomic E-state index is -0.301. The molecule has 0 saturated carbocycles. The van der Waals surface area contributed by atoms with Gasteiger partial charge in [-0.25, -0.2) is 0 Å². The van der Waals surface area contributed by atoms with Gasteiger partial charge in [0.25, 0.3) is 11.5 Å². The van der Waals surface area contributed by atoms with Crippen LogP contribution in [0.3, 0.4) is 0 Å². The van der Waals surface area contributed by atoms with E-state index in [0.29, 0.717) is 30.2 Å². The van der Waals surface area contributed by atoms with Gasteiger partial charge in [0.15, 0.2) is 11.5 Å². The molecule has 2 aliphatic rings. The summed E-state index contributed by atoms with van der Waals surface area (Å²) in [6.07, 6.45) is 5.45. The summed E-state index contributed by atoms with van der Waals surface area (Å²) < 4.78 is 12.3. The first-order valence-corrected chi connectivity index (χ1v) is 10.2. The third kappa shape index (κ3) is 4.45. The summed E-state index contributed by atoms with van der Waals surface area (Å²) in [6.45, 7) is 5.92. The number of aromatic nitrogens is 1. The molecule has 1 saturated heterocycles. The first-order chi connectivity index (χ1) is 14.1. The SMILES string of the molecule is Cc1ccn(Cc2ccc3c(c2)OCO3)c(=O)c1C(=O)NCCN1CCCCC1. The highest BCUT2D eigenvalue weighted by molar-refractivity contribution is 5.95. The predicted molar refractivity (Wildman–Crippen MR) is 110 cm³/mol. The lowest BCUT2D eigenvalue weighted by molar-refractivity contribution is 0.0944. The number of aryl methyl sites for hydroxylation is 1. The van der Waals surface area contributed by atoms with Crippen LogP contribution in [0.2, 0.25) is 0 Å². The van der Waals surface area contributed by atoms with E-state index in [1.54, 1.807) is 17.7 Å². The number of hydrogen-bond donors (Lipinski definition) is 1. The van der Waals surface area contributed by atoms with Crippen molar-refractivity contribution in [3.63, 3.8) is 0 Å². The molecule has 154 valence electrons. The molecule has 2 aliphatic heterocycles. The first kappa shape index (κ1) is 19.5. The van der Waals surface area contributed by atoms with Crippen LogP contribution in [-0.4, -0.2) is 48.3 Å². The molecule has 0 radical (unpaired) electrons. The Morgan fingerprint density at radius 3 is 2.72 bits per heavy atom. The Labute approximate surface area is 170 Å². The summed E-state index contributed by atoms with van der Waals surface area (Å²) in [6, 6.07) is 7.42. The average Bonchev–Trinajstić information content (AvgIpc) is 3.19. The number of nitrogens with zero attached hydrogens (tertiary/aromatic N) is 2. The minimum absolute atomic E-state index is 0.213. The maximum absolute atomic E-state index is 13.0. The molecule has 3 heterocycles. The third-order valence-corrected chi connectivity index (χ3v) is 5.55. The second kappa shape index (κ2) is 8.69. The molecule has 29 heavy (non-hydrogen) atoms. The number of amides is 1. The van der Waals surface area contributed by atoms with Crippen LogP contribution in [0.1, 0.15) is 40.7 Å². The fraction of sp³-hybridized carbons (Fsp3) is 0.455. The number of carbonyl (C=O) groups is 1. The summed E-state index contributed by atoms with van der Waals surface area (Å²) in [4.78, 5) is 28.0. The predicted octanol–water partition coefficient (Wildman–Crippen LogP) is 2.15. The zero-order chi connectivity index (χ0) is 20.2. The van der Waals surface area contributed by atoms with Crippen LogP contribution in [0.15, 0.2) is 35.3 Å². The molecular formula is C22H27N3O4. The van der Waals surface area contributed by atoms with Gasteiger partial charge in [-0.1, -0.05) is 12.5 Å². The Morgan fingerprint density at radius 2 is 1.90 bits per heavy atom. The molecule has 2 aromatic rings. The van der Waals surface area contributed by atoms with Crippen LogP contribution in [0.5, 0.6) is 11.5 Å². The van der Waals surface area contributed by atoms with Crippen LogP contribution < -0.4 is 20.3 Å². The van der Waals surface area contributed by atoms with Crippen molar-refractivity contribution in [2.24, 2.45) is 0 Å². The molecule has 1 aromatic carbocycles. The number of benzene rings is 1. The number of pyridine rings is 1. The van der Waals surface area contributed by atoms with E-state index in [2.05, 4.69) is 10.2 Å². The molecule has 0 unspecified atom stereocenters. The summed E-state index contributed by atoms with van der Waals surface area (Å²) >= 11 is 0. The molecule has 0 aliphatic carbocycles. The Kier molecular flexibility index (Phi) is 5.85. The van der Waals surface area contributed by atoms with Gasteiger partial charge in [0, 0.05) is 19.3 Å². The van der Waals surface area contributed by atoms with Gasteiger partial charge in [0.05, 0.1) is 6.54 Å². The molecule has 4 rings (SSSR count). The maximum atomic E-state index is 13.0. The van der Waals surface area contributed by atoms with Crippen molar-refractivity contribution in [3.8, 4) is 11.5 Å². The van der Waals surface area contributed by atoms with Gasteiger partial charge in [-0.2, -0.15) is 0 Å². The lowest BCUT2D eigenvalue weighted by Gasteiger charge is -2.26. The highest BCUT2D eigenvalue weighted by atomic mass is 16.7. The van der Waals surface area contributed by atoms with E-state index in [1.165, 1.54) is 19.3 Å². The fourth-order valence-electron chi connectivity index (χ4n) is 3.90. The van der Waals surface area contributed by atoms with Crippen LogP contribution in [0, 0.1) is 6.92 Å². The number of rotatable bonds is 6. The Balaban J connectivity index is 1.44. The highest BCUT2D eigenvalue weighted by Gasteiger charge is 2.18. The minimum Gasteiger partial charge on any atom is -0.454 e. The number of piperidine rings is 1. The standard InChI is InChI=1S/C22H27N3O4/c1-16-7-11-25(14-17-5-6-18-19(13-17)29-15-28-18)22(27)20(16)21(26)23-8-12-24-9-3-2-4-10-24/h5-7,11,13H,2-4,8-10,12,14-15H2,1H3,(H,23,26). The van der Waals surface area contributed by atoms with Crippen LogP contribution in [0.25, 0.3) is 0 Å². The Hall–Kier alpha value is -2.80. The first-order valence-electron chi connectivity index (χ1n) is 10.2. The van der Waals surface area contributed by atoms with E-state index in [4.69, 9.17) is 9.47 Å². The smallest absolute Gasteiger partial charge is 0.263 e. The highest BCUT2D eigenvalue weighted by Crippen LogP contribution is 2.32. The Bertz CT molecular complexity index is 948. The van der Waals surface area contributed by atoms with E-state index in [9.17, 15) is 9.59 Å². The van der Waals surface area contributed by atoms with Crippen LogP contribution in [-0.2, 0) is 6.54 Å². The van der Waals surface area contributed by atoms with Gasteiger partial charge >= 0.3 is 0 Å². The van der Waals surface area contributed by atoms with E-state index < -0.39 is 0 Å². The molecule has 7 heteroatoms. The molecule has 1 fully saturated rings. The van der Waals surface area contributed by atoms with Crippen molar-refractivity contribution in [1.82, 2.24) is 14.8 Å². The summed E-state index contributed by atoms with van der Waals surface area (Å²) in [5.74, 6) is 1.08. The number of likely N-dealkylation sites (tertiary alicyclic amines) is 1. The fourth-order valence-corrected chi connectivity index (χ4v) is 3.90. The van der Waals surface area contributed by atoms with E-state index in [0.717, 1.165) is 25.2 Å². The number of carbonyl (C=O) groups excluding carboxylic acids is 1. The molecule has 1 amide bonds. The van der Waals surface area contributed by atoms with Crippen LogP contribution in [0.4, 0.5) is 0 Å². The Morgan fingerprint density at radius 1 is 1.10 bits per heavy atom. The lowest BCUT2D eigenvalue weighted by atomic mass is 10.1. The van der Waals surface area contributed by atoms with Crippen molar-refractivity contribution >= 4 is 5.91 Å². The zero-order valence-electron chi connectivity index (χ0n) is 16.8. The molecule has 1 aromatic heterocycles. The molecule has 0 atom stereocenters. The number of hydrogen-bond acceptors (Lipinski definition) is 5. The van der Waals surface area contributed by atoms with Gasteiger partial charge in [-0.15, -0.1) is 0 Å². The van der Waals surface area contributed by atoms with Crippen molar-refractivity contribution in [3.05, 3.63) is 57.5 Å². The van der Waals surface area contributed by atoms with Crippen LogP contribution >= 0.6 is 0 Å². The number of nitrogens with one attached hydrogen (secondary N) is 1. The number of ether oxygens (including phenoxy) is 2. The molecule has 1 N–H and O–H groups in total. The van der Waals surface area contributed by atoms with E-state index in [1.807, 2.05) is 24.3 Å². The van der Waals surface area contributed by atoms with Crippen molar-refractivity contribution < 1.29 is 14.3 Å². The quantitative estimate of drug-likeness (QED) is 0.809. The van der Waals surface area contributed by atoms with Gasteiger partial charge in [0.2, 0.25) is 6.79 Å². The largest absolute Gasteiger partial charge is 0.454 e. The summed E-state index contributed by atoms with van der Waals surface area (Å²) in [5.41, 5.74) is 1.54. The maximum Gasteiger partial charge on any atom is 0.263 e. The van der Waals surface area contributed by atoms with Crippen molar-refractivity contribution in [2.45, 2.75) is 32.7 Å². The van der Waals surface area contributed by atoms with Crippen molar-refractivity contribution in [2.75, 3.05) is 33.0 Å². The second-order valence-electron chi connectivity index (χ2n) is 7.65. The monoisotopic (exact) mass is 397 g/mol. The topological polar surface area (TPSA) is 72.8 Å². The average molecular weight is 397 g/mol. The van der Waals surface area contributed by atoms with Gasteiger partial charge < -0.3 is 24.3 Å². The van der Waals surface area contributed by atoms with Gasteiger partial charge in [-0.05, 0) is 62.2 Å². The molecular weight excluding hydrogens is 370 g/mol. The van der Waals surface area contributed by atoms with Gasteiger partial charge in [0.1, 0.15) is 5.56 Å². The van der Waals surface area contributed by atoms with E-state index >= 15 is 0 Å².